The van der Waals surface area contributed by atoms with Gasteiger partial charge in [-0.05, 0) is 49.2 Å². The average Bonchev–Trinajstić information content (AvgIpc) is 3.44. The van der Waals surface area contributed by atoms with E-state index in [-0.39, 0.29) is 72.2 Å². The quantitative estimate of drug-likeness (QED) is 0.0275. The molecule has 0 unspecified atom stereocenters. The largest absolute Gasteiger partial charge is 0.493 e. The molecule has 0 fully saturated rings. The van der Waals surface area contributed by atoms with Crippen LogP contribution in [0.25, 0.3) is 21.5 Å². The first-order valence-electron chi connectivity index (χ1n) is 23.6. The molecule has 0 aromatic heterocycles. The minimum Gasteiger partial charge on any atom is -0.493 e. The van der Waals surface area contributed by atoms with E-state index < -0.39 is 134 Å². The van der Waals surface area contributed by atoms with Crippen LogP contribution in [0.5, 0.6) is 11.5 Å². The van der Waals surface area contributed by atoms with Crippen molar-refractivity contribution in [2.45, 2.75) is 70.0 Å². The Labute approximate surface area is 430 Å². The van der Waals surface area contributed by atoms with E-state index in [2.05, 4.69) is 21.3 Å². The number of ether oxygens (including phenoxy) is 2. The molecule has 9 amide bonds. The molecule has 9 N–H and O–H groups in total. The molecule has 0 saturated heterocycles. The summed E-state index contributed by atoms with van der Waals surface area (Å²) in [7, 11) is 0. The number of aliphatic carboxylic acids is 4. The Morgan fingerprint density at radius 2 is 0.908 bits per heavy atom. The summed E-state index contributed by atoms with van der Waals surface area (Å²) in [4.78, 5) is 164. The number of amides is 9. The highest BCUT2D eigenvalue weighted by atomic mass is 16.5. The molecule has 76 heavy (non-hydrogen) atoms. The smallest absolute Gasteiger partial charge is 0.326 e. The maximum Gasteiger partial charge on any atom is 0.326 e. The zero-order valence-corrected chi connectivity index (χ0v) is 40.5. The summed E-state index contributed by atoms with van der Waals surface area (Å²) in [5, 5.41) is 49.9. The van der Waals surface area contributed by atoms with Gasteiger partial charge in [0, 0.05) is 89.7 Å². The fourth-order valence-corrected chi connectivity index (χ4v) is 8.44. The third-order valence-corrected chi connectivity index (χ3v) is 11.9. The van der Waals surface area contributed by atoms with Crippen molar-refractivity contribution in [3.63, 3.8) is 0 Å². The van der Waals surface area contributed by atoms with Gasteiger partial charge in [-0.3, -0.25) is 67.3 Å². The fourth-order valence-electron chi connectivity index (χ4n) is 8.44. The number of nitrogens with one attached hydrogen (secondary N) is 5. The van der Waals surface area contributed by atoms with Gasteiger partial charge in [-0.15, -0.1) is 0 Å². The predicted octanol–water partition coefficient (Wildman–Crippen LogP) is 0.419. The normalized spacial score (nSPS) is 13.8. The van der Waals surface area contributed by atoms with Crippen LogP contribution in [0, 0.1) is 0 Å². The van der Waals surface area contributed by atoms with Crippen LogP contribution >= 0.6 is 0 Å². The van der Waals surface area contributed by atoms with E-state index in [1.165, 1.54) is 31.2 Å². The highest BCUT2D eigenvalue weighted by molar-refractivity contribution is 6.33. The first-order chi connectivity index (χ1) is 36.2. The lowest BCUT2D eigenvalue weighted by molar-refractivity contribution is -0.147. The molecule has 2 aliphatic rings. The van der Waals surface area contributed by atoms with Gasteiger partial charge in [0.1, 0.15) is 29.6 Å². The molecule has 0 aliphatic carbocycles. The van der Waals surface area contributed by atoms with Crippen LogP contribution in [0.3, 0.4) is 0 Å². The van der Waals surface area contributed by atoms with Crippen molar-refractivity contribution in [1.82, 2.24) is 36.4 Å². The first-order valence-corrected chi connectivity index (χ1v) is 23.6. The van der Waals surface area contributed by atoms with Gasteiger partial charge in [0.2, 0.25) is 29.5 Å². The number of hydrogen-bond acceptors (Lipinski definition) is 15. The molecule has 0 spiro atoms. The number of carboxylic acids is 4. The lowest BCUT2D eigenvalue weighted by Gasteiger charge is -2.32. The third-order valence-electron chi connectivity index (χ3n) is 11.9. The van der Waals surface area contributed by atoms with Crippen LogP contribution in [0.4, 0.5) is 0 Å². The average molecular weight is 1050 g/mol. The van der Waals surface area contributed by atoms with Crippen molar-refractivity contribution in [2.75, 3.05) is 39.4 Å². The maximum atomic E-state index is 13.8. The van der Waals surface area contributed by atoms with E-state index in [0.29, 0.717) is 28.7 Å². The van der Waals surface area contributed by atoms with Crippen LogP contribution in [0.1, 0.15) is 93.3 Å². The minimum absolute atomic E-state index is 0.00870. The summed E-state index contributed by atoms with van der Waals surface area (Å²) in [5.41, 5.74) is -0.270. The SMILES string of the molecule is CC(=O)N[C@@H](CC(=O)O)C(=O)NCCCOc1cccc2c(OCCCC(=O)N[C@@H](CC(=O)O)C(=O)NCCN3C(=O)c4ccc5c6c(ccc(c46)C3=O)C(=O)N(CCC(=O)N[C@@H](CC(=O)O)C(=O)O)C5=O)cccc12. The zero-order chi connectivity index (χ0) is 55.4. The third kappa shape index (κ3) is 13.6. The van der Waals surface area contributed by atoms with Crippen molar-refractivity contribution in [3.05, 3.63) is 82.9 Å². The lowest BCUT2D eigenvalue weighted by atomic mass is 9.86. The van der Waals surface area contributed by atoms with E-state index in [0.717, 1.165) is 9.80 Å². The molecule has 4 aromatic carbocycles. The van der Waals surface area contributed by atoms with Crippen molar-refractivity contribution in [1.29, 1.82) is 0 Å². The van der Waals surface area contributed by atoms with Gasteiger partial charge in [-0.2, -0.15) is 0 Å². The lowest BCUT2D eigenvalue weighted by Crippen LogP contribution is -2.50. The predicted molar refractivity (Wildman–Crippen MR) is 260 cm³/mol. The molecule has 3 atom stereocenters. The topological polar surface area (TPSA) is 388 Å². The molecule has 2 aliphatic heterocycles. The summed E-state index contributed by atoms with van der Waals surface area (Å²) in [6.45, 7) is 0.212. The van der Waals surface area contributed by atoms with Crippen LogP contribution in [0.2, 0.25) is 0 Å². The number of imide groups is 2. The number of rotatable bonds is 28. The molecule has 4 aromatic rings. The van der Waals surface area contributed by atoms with Gasteiger partial charge in [-0.25, -0.2) is 4.79 Å². The monoisotopic (exact) mass is 1050 g/mol. The summed E-state index contributed by atoms with van der Waals surface area (Å²) in [6.07, 6.45) is -2.56. The zero-order valence-electron chi connectivity index (χ0n) is 40.5. The van der Waals surface area contributed by atoms with Crippen LogP contribution < -0.4 is 36.1 Å². The van der Waals surface area contributed by atoms with E-state index in [1.54, 1.807) is 36.4 Å². The molecule has 400 valence electrons. The number of benzene rings is 4. The number of nitrogens with zero attached hydrogens (tertiary/aromatic N) is 2. The van der Waals surface area contributed by atoms with Crippen LogP contribution in [0.15, 0.2) is 60.7 Å². The Hall–Kier alpha value is -9.49. The molecule has 26 heteroatoms. The molecule has 0 saturated carbocycles. The molecular weight excluding hydrogens is 1000 g/mol. The van der Waals surface area contributed by atoms with Gasteiger partial charge in [0.15, 0.2) is 0 Å². The summed E-state index contributed by atoms with van der Waals surface area (Å²) in [6, 6.07) is 11.0. The number of carboxylic acid groups (broad SMARTS) is 4. The summed E-state index contributed by atoms with van der Waals surface area (Å²) in [5.74, 6) is -12.0. The Morgan fingerprint density at radius 3 is 1.37 bits per heavy atom. The Morgan fingerprint density at radius 1 is 0.500 bits per heavy atom. The van der Waals surface area contributed by atoms with Crippen molar-refractivity contribution in [3.8, 4) is 11.5 Å². The molecule has 0 radical (unpaired) electrons. The van der Waals surface area contributed by atoms with E-state index in [4.69, 9.17) is 19.7 Å². The second kappa shape index (κ2) is 25.0. The summed E-state index contributed by atoms with van der Waals surface area (Å²) >= 11 is 0. The van der Waals surface area contributed by atoms with Crippen molar-refractivity contribution >= 4 is 98.6 Å². The van der Waals surface area contributed by atoms with E-state index in [1.807, 2.05) is 5.32 Å². The number of carbonyl (C=O) groups excluding carboxylic acids is 9. The highest BCUT2D eigenvalue weighted by Gasteiger charge is 2.40. The van der Waals surface area contributed by atoms with Crippen LogP contribution in [-0.2, 0) is 43.2 Å². The maximum absolute atomic E-state index is 13.8. The minimum atomic E-state index is -1.76. The van der Waals surface area contributed by atoms with Gasteiger partial charge in [0.25, 0.3) is 23.6 Å². The second-order valence-corrected chi connectivity index (χ2v) is 17.3. The van der Waals surface area contributed by atoms with E-state index in [9.17, 15) is 72.5 Å². The number of hydrogen-bond donors (Lipinski definition) is 9. The van der Waals surface area contributed by atoms with Gasteiger partial charge in [0.05, 0.1) is 32.5 Å². The Balaban J connectivity index is 0.983. The Kier molecular flexibility index (Phi) is 18.3. The molecule has 2 heterocycles. The fraction of sp³-hybridized carbons (Fsp3) is 0.340. The van der Waals surface area contributed by atoms with Gasteiger partial charge < -0.3 is 56.5 Å². The highest BCUT2D eigenvalue weighted by Crippen LogP contribution is 2.38. The molecular formula is C50H51N7O19. The standard InChI is InChI=1S/C50H51N7O19/c1-25(58)53-32(22-39(61)62)44(67)51-16-5-21-76-36-9-3-6-26-27(36)7-2-8-35(26)75-20-4-10-37(59)54-33(23-40(63)64)45(68)52-17-19-57-48(71)30-13-11-28-42-29(12-14-31(43(30)42)49(57)72)47(70)56(46(28)69)18-15-38(60)55-34(50(73)74)24-41(65)66/h2-3,6-9,11-14,32-34H,4-5,10,15-24H2,1H3,(H,51,67)(H,52,68)(H,53,58)(H,54,59)(H,55,60)(H,61,62)(H,63,64)(H,65,66)(H,73,74)/t32-,33-,34-/m0/s1. The Bertz CT molecular complexity index is 2980. The van der Waals surface area contributed by atoms with E-state index >= 15 is 0 Å². The number of carbonyl (C=O) groups is 13. The van der Waals surface area contributed by atoms with Crippen molar-refractivity contribution < 1.29 is 92.2 Å². The van der Waals surface area contributed by atoms with Crippen LogP contribution in [-0.4, -0.2) is 165 Å². The van der Waals surface area contributed by atoms with Gasteiger partial charge >= 0.3 is 23.9 Å². The second-order valence-electron chi connectivity index (χ2n) is 17.3. The van der Waals surface area contributed by atoms with Crippen molar-refractivity contribution in [2.24, 2.45) is 0 Å². The molecule has 0 bridgehead atoms. The summed E-state index contributed by atoms with van der Waals surface area (Å²) < 4.78 is 11.9. The van der Waals surface area contributed by atoms with Gasteiger partial charge in [-0.1, -0.05) is 24.3 Å². The molecule has 6 rings (SSSR count). The molecule has 26 nitrogen and oxygen atoms in total. The first kappa shape index (κ1) is 55.8. The number of fused-ring (bicyclic) bond motifs is 1.